The highest BCUT2D eigenvalue weighted by atomic mass is 16.3. The third kappa shape index (κ3) is 4.39. The summed E-state index contributed by atoms with van der Waals surface area (Å²) >= 11 is 0. The van der Waals surface area contributed by atoms with Crippen LogP contribution in [0.25, 0.3) is 105 Å². The molecule has 3 heterocycles. The fourth-order valence-corrected chi connectivity index (χ4v) is 7.82. The molecule has 0 amide bonds. The third-order valence-electron chi connectivity index (χ3n) is 10.2. The zero-order valence-corrected chi connectivity index (χ0v) is 27.9. The summed E-state index contributed by atoms with van der Waals surface area (Å²) in [6.45, 7) is 0. The van der Waals surface area contributed by atoms with Gasteiger partial charge in [-0.1, -0.05) is 133 Å². The van der Waals surface area contributed by atoms with Crippen molar-refractivity contribution >= 4 is 65.3 Å². The van der Waals surface area contributed by atoms with E-state index in [1.807, 2.05) is 60.7 Å². The van der Waals surface area contributed by atoms with Crippen LogP contribution >= 0.6 is 0 Å². The number of fused-ring (bicyclic) bond motifs is 9. The van der Waals surface area contributed by atoms with E-state index in [-0.39, 0.29) is 0 Å². The Morgan fingerprint density at radius 3 is 1.71 bits per heavy atom. The number of hydrogen-bond donors (Lipinski definition) is 0. The number of rotatable bonds is 4. The maximum atomic E-state index is 6.80. The standard InChI is InChI=1S/C47H28N4O/c1-3-14-30(15-4-1)45-48-46(31-16-5-2-6-17-31)50-47(49-45)38-27-34(28-42-44(38)43-35-20-10-9-13-29(35)23-24-41(43)52-42)51-39-22-12-11-21-36(39)37-25-32-18-7-8-19-33(32)26-40(37)51/h1-28H. The van der Waals surface area contributed by atoms with Crippen LogP contribution in [-0.4, -0.2) is 19.5 Å². The lowest BCUT2D eigenvalue weighted by molar-refractivity contribution is 0.669. The summed E-state index contributed by atoms with van der Waals surface area (Å²) in [5.41, 5.74) is 7.53. The molecule has 0 saturated heterocycles. The second kappa shape index (κ2) is 11.2. The minimum absolute atomic E-state index is 0.585. The minimum atomic E-state index is 0.585. The van der Waals surface area contributed by atoms with Gasteiger partial charge in [-0.25, -0.2) is 15.0 Å². The van der Waals surface area contributed by atoms with Crippen LogP contribution in [0.4, 0.5) is 0 Å². The second-order valence-corrected chi connectivity index (χ2v) is 13.2. The first-order valence-electron chi connectivity index (χ1n) is 17.4. The number of para-hydroxylation sites is 1. The SMILES string of the molecule is c1ccc(-c2nc(-c3ccccc3)nc(-c3cc(-n4c5ccccc5c5cc6ccccc6cc54)cc4oc5ccc6ccccc6c5c34)n2)cc1. The predicted octanol–water partition coefficient (Wildman–Crippen LogP) is 12.2. The van der Waals surface area contributed by atoms with Crippen LogP contribution in [0, 0.1) is 0 Å². The Bertz CT molecular complexity index is 3120. The van der Waals surface area contributed by atoms with Gasteiger partial charge in [-0.2, -0.15) is 0 Å². The number of hydrogen-bond acceptors (Lipinski definition) is 4. The van der Waals surface area contributed by atoms with Crippen LogP contribution in [-0.2, 0) is 0 Å². The summed E-state index contributed by atoms with van der Waals surface area (Å²) in [7, 11) is 0. The molecule has 0 fully saturated rings. The van der Waals surface area contributed by atoms with Crippen LogP contribution in [0.2, 0.25) is 0 Å². The van der Waals surface area contributed by atoms with Crippen molar-refractivity contribution in [2.75, 3.05) is 0 Å². The maximum absolute atomic E-state index is 6.80. The average Bonchev–Trinajstić information content (AvgIpc) is 3.75. The van der Waals surface area contributed by atoms with Crippen LogP contribution in [0.5, 0.6) is 0 Å². The summed E-state index contributed by atoms with van der Waals surface area (Å²) in [5.74, 6) is 1.81. The van der Waals surface area contributed by atoms with E-state index >= 15 is 0 Å². The number of nitrogens with zero attached hydrogens (tertiary/aromatic N) is 4. The van der Waals surface area contributed by atoms with E-state index < -0.39 is 0 Å². The van der Waals surface area contributed by atoms with Gasteiger partial charge in [0.25, 0.3) is 0 Å². The summed E-state index contributed by atoms with van der Waals surface area (Å²) < 4.78 is 9.15. The fourth-order valence-electron chi connectivity index (χ4n) is 7.82. The van der Waals surface area contributed by atoms with Crippen molar-refractivity contribution < 1.29 is 4.42 Å². The van der Waals surface area contributed by atoms with Crippen molar-refractivity contribution in [2.45, 2.75) is 0 Å². The average molecular weight is 665 g/mol. The van der Waals surface area contributed by atoms with Gasteiger partial charge >= 0.3 is 0 Å². The van der Waals surface area contributed by atoms with E-state index in [4.69, 9.17) is 19.4 Å². The van der Waals surface area contributed by atoms with E-state index in [9.17, 15) is 0 Å². The van der Waals surface area contributed by atoms with Crippen LogP contribution < -0.4 is 0 Å². The molecule has 52 heavy (non-hydrogen) atoms. The molecule has 0 aliphatic heterocycles. The van der Waals surface area contributed by atoms with Gasteiger partial charge in [-0.15, -0.1) is 0 Å². The molecule has 11 rings (SSSR count). The highest BCUT2D eigenvalue weighted by molar-refractivity contribution is 6.23. The molecule has 0 atom stereocenters. The Kier molecular flexibility index (Phi) is 6.18. The van der Waals surface area contributed by atoms with Crippen molar-refractivity contribution in [3.05, 3.63) is 170 Å². The van der Waals surface area contributed by atoms with Gasteiger partial charge in [-0.05, 0) is 51.9 Å². The molecule has 0 saturated carbocycles. The molecule has 0 aliphatic carbocycles. The Morgan fingerprint density at radius 1 is 0.385 bits per heavy atom. The van der Waals surface area contributed by atoms with Gasteiger partial charge in [0.05, 0.1) is 16.7 Å². The zero-order valence-electron chi connectivity index (χ0n) is 27.9. The van der Waals surface area contributed by atoms with E-state index in [2.05, 4.69) is 114 Å². The van der Waals surface area contributed by atoms with Crippen molar-refractivity contribution in [3.8, 4) is 39.9 Å². The van der Waals surface area contributed by atoms with Crippen molar-refractivity contribution in [1.29, 1.82) is 0 Å². The van der Waals surface area contributed by atoms with Crippen molar-refractivity contribution in [1.82, 2.24) is 19.5 Å². The van der Waals surface area contributed by atoms with Gasteiger partial charge in [0.15, 0.2) is 17.5 Å². The summed E-state index contributed by atoms with van der Waals surface area (Å²) in [6, 6.07) is 59.1. The van der Waals surface area contributed by atoms with E-state index in [1.165, 1.54) is 21.5 Å². The first kappa shape index (κ1) is 28.7. The van der Waals surface area contributed by atoms with Gasteiger partial charge < -0.3 is 8.98 Å². The van der Waals surface area contributed by atoms with Crippen molar-refractivity contribution in [2.24, 2.45) is 0 Å². The molecule has 242 valence electrons. The van der Waals surface area contributed by atoms with Gasteiger partial charge in [0, 0.05) is 44.3 Å². The topological polar surface area (TPSA) is 56.7 Å². The monoisotopic (exact) mass is 664 g/mol. The molecule has 3 aromatic heterocycles. The molecule has 0 bridgehead atoms. The molecule has 0 unspecified atom stereocenters. The first-order valence-corrected chi connectivity index (χ1v) is 17.4. The van der Waals surface area contributed by atoms with Gasteiger partial charge in [0.2, 0.25) is 0 Å². The molecular formula is C47H28N4O. The van der Waals surface area contributed by atoms with Crippen molar-refractivity contribution in [3.63, 3.8) is 0 Å². The largest absolute Gasteiger partial charge is 0.456 e. The van der Waals surface area contributed by atoms with E-state index in [1.54, 1.807) is 0 Å². The first-order chi connectivity index (χ1) is 25.8. The smallest absolute Gasteiger partial charge is 0.164 e. The molecule has 0 aliphatic rings. The summed E-state index contributed by atoms with van der Waals surface area (Å²) in [6.07, 6.45) is 0. The summed E-state index contributed by atoms with van der Waals surface area (Å²) in [4.78, 5) is 15.5. The van der Waals surface area contributed by atoms with Crippen LogP contribution in [0.15, 0.2) is 174 Å². The fraction of sp³-hybridized carbons (Fsp3) is 0. The molecule has 0 N–H and O–H groups in total. The van der Waals surface area contributed by atoms with Gasteiger partial charge in [-0.3, -0.25) is 0 Å². The van der Waals surface area contributed by atoms with E-state index in [0.29, 0.717) is 17.5 Å². The maximum Gasteiger partial charge on any atom is 0.164 e. The zero-order chi connectivity index (χ0) is 34.2. The Morgan fingerprint density at radius 2 is 0.981 bits per heavy atom. The third-order valence-corrected chi connectivity index (χ3v) is 10.2. The normalized spacial score (nSPS) is 11.8. The van der Waals surface area contributed by atoms with Crippen LogP contribution in [0.1, 0.15) is 0 Å². The Labute approximate surface area is 298 Å². The number of benzene rings is 8. The Balaban J connectivity index is 1.29. The quantitative estimate of drug-likeness (QED) is 0.188. The lowest BCUT2D eigenvalue weighted by Crippen LogP contribution is -2.01. The second-order valence-electron chi connectivity index (χ2n) is 13.2. The lowest BCUT2D eigenvalue weighted by Gasteiger charge is -2.13. The molecule has 11 aromatic rings. The highest BCUT2D eigenvalue weighted by Crippen LogP contribution is 2.43. The summed E-state index contributed by atoms with van der Waals surface area (Å²) in [5, 5.41) is 9.09. The molecule has 8 aromatic carbocycles. The Hall–Kier alpha value is -7.11. The van der Waals surface area contributed by atoms with Gasteiger partial charge in [0.1, 0.15) is 11.2 Å². The lowest BCUT2D eigenvalue weighted by atomic mass is 9.99. The van der Waals surface area contributed by atoms with Crippen LogP contribution in [0.3, 0.4) is 0 Å². The molecule has 0 radical (unpaired) electrons. The van der Waals surface area contributed by atoms with E-state index in [0.717, 1.165) is 66.1 Å². The molecular weight excluding hydrogens is 637 g/mol. The molecule has 5 heteroatoms. The number of furan rings is 1. The predicted molar refractivity (Wildman–Crippen MR) is 213 cm³/mol. The highest BCUT2D eigenvalue weighted by Gasteiger charge is 2.22. The minimum Gasteiger partial charge on any atom is -0.456 e. The number of aromatic nitrogens is 4. The molecule has 5 nitrogen and oxygen atoms in total. The molecule has 0 spiro atoms.